The lowest BCUT2D eigenvalue weighted by Gasteiger charge is -2.27. The van der Waals surface area contributed by atoms with E-state index >= 15 is 0 Å². The van der Waals surface area contributed by atoms with E-state index in [2.05, 4.69) is 59.8 Å². The maximum Gasteiger partial charge on any atom is 0.152 e. The van der Waals surface area contributed by atoms with Crippen LogP contribution in [0.25, 0.3) is 5.65 Å². The molecule has 0 aliphatic heterocycles. The Bertz CT molecular complexity index is 598. The highest BCUT2D eigenvalue weighted by molar-refractivity contribution is 5.56. The molecule has 114 valence electrons. The zero-order chi connectivity index (χ0) is 14.8. The van der Waals surface area contributed by atoms with E-state index in [9.17, 15) is 0 Å². The Morgan fingerprint density at radius 1 is 1.38 bits per heavy atom. The second kappa shape index (κ2) is 6.06. The lowest BCUT2D eigenvalue weighted by atomic mass is 10.2. The molecule has 21 heavy (non-hydrogen) atoms. The van der Waals surface area contributed by atoms with E-state index in [1.54, 1.807) is 0 Å². The van der Waals surface area contributed by atoms with Gasteiger partial charge in [-0.05, 0) is 45.2 Å². The van der Waals surface area contributed by atoms with Crippen molar-refractivity contribution in [2.75, 3.05) is 11.4 Å². The van der Waals surface area contributed by atoms with E-state index < -0.39 is 0 Å². The van der Waals surface area contributed by atoms with Crippen molar-refractivity contribution in [3.8, 4) is 0 Å². The van der Waals surface area contributed by atoms with E-state index in [1.165, 1.54) is 18.5 Å². The quantitative estimate of drug-likeness (QED) is 0.848. The highest BCUT2D eigenvalue weighted by Gasteiger charge is 2.24. The molecule has 3 rings (SSSR count). The summed E-state index contributed by atoms with van der Waals surface area (Å²) in [6.45, 7) is 8.68. The minimum Gasteiger partial charge on any atom is -0.353 e. The third-order valence-corrected chi connectivity index (χ3v) is 4.10. The Balaban J connectivity index is 1.99. The van der Waals surface area contributed by atoms with Gasteiger partial charge in [0, 0.05) is 31.4 Å². The summed E-state index contributed by atoms with van der Waals surface area (Å²) in [5.74, 6) is 1.14. The van der Waals surface area contributed by atoms with Gasteiger partial charge in [0.2, 0.25) is 0 Å². The molecular weight excluding hydrogens is 260 g/mol. The average molecular weight is 286 g/mol. The lowest BCUT2D eigenvalue weighted by molar-refractivity contribution is 0.638. The summed E-state index contributed by atoms with van der Waals surface area (Å²) in [5, 5.41) is 3.64. The fourth-order valence-corrected chi connectivity index (χ4v) is 2.81. The first-order valence-electron chi connectivity index (χ1n) is 8.16. The highest BCUT2D eigenvalue weighted by atomic mass is 15.3. The third-order valence-electron chi connectivity index (χ3n) is 4.10. The topological polar surface area (TPSA) is 32.6 Å². The summed E-state index contributed by atoms with van der Waals surface area (Å²) in [6, 6.07) is 7.41. The number of fused-ring (bicyclic) bond motifs is 1. The van der Waals surface area contributed by atoms with Crippen LogP contribution >= 0.6 is 0 Å². The van der Waals surface area contributed by atoms with Crippen molar-refractivity contribution in [2.24, 2.45) is 0 Å². The predicted molar refractivity (Wildman–Crippen MR) is 87.8 cm³/mol. The maximum absolute atomic E-state index is 4.90. The van der Waals surface area contributed by atoms with Crippen LogP contribution in [0.5, 0.6) is 0 Å². The van der Waals surface area contributed by atoms with Crippen molar-refractivity contribution >= 4 is 11.5 Å². The van der Waals surface area contributed by atoms with E-state index in [-0.39, 0.29) is 0 Å². The first-order valence-corrected chi connectivity index (χ1v) is 8.16. The summed E-state index contributed by atoms with van der Waals surface area (Å²) in [5.41, 5.74) is 2.33. The number of rotatable bonds is 7. The number of anilines is 1. The maximum atomic E-state index is 4.90. The molecule has 0 unspecified atom stereocenters. The molecule has 0 aromatic carbocycles. The molecular formula is C17H26N4. The van der Waals surface area contributed by atoms with Gasteiger partial charge in [0.15, 0.2) is 5.82 Å². The van der Waals surface area contributed by atoms with Crippen molar-refractivity contribution in [2.45, 2.75) is 58.7 Å². The van der Waals surface area contributed by atoms with Gasteiger partial charge in [0.05, 0.1) is 5.69 Å². The van der Waals surface area contributed by atoms with Crippen LogP contribution in [0.1, 0.15) is 45.7 Å². The van der Waals surface area contributed by atoms with E-state index in [4.69, 9.17) is 4.98 Å². The average Bonchev–Trinajstić information content (AvgIpc) is 3.23. The molecule has 0 saturated heterocycles. The van der Waals surface area contributed by atoms with Crippen LogP contribution in [-0.2, 0) is 6.54 Å². The Morgan fingerprint density at radius 3 is 2.86 bits per heavy atom. The minimum absolute atomic E-state index is 0.467. The van der Waals surface area contributed by atoms with Gasteiger partial charge in [0.25, 0.3) is 0 Å². The third kappa shape index (κ3) is 3.05. The van der Waals surface area contributed by atoms with Gasteiger partial charge < -0.3 is 14.6 Å². The minimum atomic E-state index is 0.467. The van der Waals surface area contributed by atoms with Gasteiger partial charge in [-0.25, -0.2) is 4.98 Å². The molecule has 1 fully saturated rings. The van der Waals surface area contributed by atoms with Crippen molar-refractivity contribution in [3.05, 3.63) is 30.1 Å². The predicted octanol–water partition coefficient (Wildman–Crippen LogP) is 3.21. The number of imidazole rings is 1. The zero-order valence-electron chi connectivity index (χ0n) is 13.3. The molecule has 4 nitrogen and oxygen atoms in total. The van der Waals surface area contributed by atoms with Crippen LogP contribution in [0.15, 0.2) is 24.4 Å². The molecule has 2 aromatic rings. The molecule has 1 aliphatic carbocycles. The molecule has 0 amide bonds. The molecule has 1 aliphatic rings. The fourth-order valence-electron chi connectivity index (χ4n) is 2.81. The van der Waals surface area contributed by atoms with E-state index in [0.717, 1.165) is 31.0 Å². The molecule has 4 heteroatoms. The van der Waals surface area contributed by atoms with E-state index in [1.807, 2.05) is 0 Å². The van der Waals surface area contributed by atoms with Crippen molar-refractivity contribution in [1.82, 2.24) is 14.7 Å². The van der Waals surface area contributed by atoms with Crippen molar-refractivity contribution in [3.63, 3.8) is 0 Å². The van der Waals surface area contributed by atoms with Gasteiger partial charge in [-0.1, -0.05) is 13.0 Å². The monoisotopic (exact) mass is 286 g/mol. The largest absolute Gasteiger partial charge is 0.353 e. The number of hydrogen-bond donors (Lipinski definition) is 1. The second-order valence-corrected chi connectivity index (χ2v) is 6.25. The fraction of sp³-hybridized carbons (Fsp3) is 0.588. The van der Waals surface area contributed by atoms with Gasteiger partial charge in [-0.3, -0.25) is 0 Å². The summed E-state index contributed by atoms with van der Waals surface area (Å²) in [6.07, 6.45) is 5.89. The first kappa shape index (κ1) is 14.4. The molecule has 2 aromatic heterocycles. The highest BCUT2D eigenvalue weighted by Crippen LogP contribution is 2.26. The number of nitrogens with zero attached hydrogens (tertiary/aromatic N) is 3. The van der Waals surface area contributed by atoms with Gasteiger partial charge in [-0.15, -0.1) is 0 Å². The smallest absolute Gasteiger partial charge is 0.152 e. The van der Waals surface area contributed by atoms with Gasteiger partial charge in [-0.2, -0.15) is 0 Å². The summed E-state index contributed by atoms with van der Waals surface area (Å²) < 4.78 is 2.23. The Hall–Kier alpha value is -1.55. The van der Waals surface area contributed by atoms with E-state index in [0.29, 0.717) is 12.1 Å². The molecule has 0 bridgehead atoms. The summed E-state index contributed by atoms with van der Waals surface area (Å²) in [4.78, 5) is 7.33. The standard InChI is InChI=1S/C17H26N4/c1-4-10-20(13(2)3)17-15(12-18-14-8-9-14)21-11-6-5-7-16(21)19-17/h5-7,11,13-14,18H,4,8-10,12H2,1-3H3. The van der Waals surface area contributed by atoms with Crippen LogP contribution in [0.2, 0.25) is 0 Å². The molecule has 2 heterocycles. The van der Waals surface area contributed by atoms with Crippen LogP contribution in [0, 0.1) is 0 Å². The van der Waals surface area contributed by atoms with Gasteiger partial charge in [0.1, 0.15) is 5.65 Å². The van der Waals surface area contributed by atoms with Gasteiger partial charge >= 0.3 is 0 Å². The molecule has 0 spiro atoms. The zero-order valence-corrected chi connectivity index (χ0v) is 13.3. The summed E-state index contributed by atoms with van der Waals surface area (Å²) in [7, 11) is 0. The number of nitrogens with one attached hydrogen (secondary N) is 1. The molecule has 0 atom stereocenters. The Kier molecular flexibility index (Phi) is 4.15. The molecule has 1 saturated carbocycles. The van der Waals surface area contributed by atoms with Crippen molar-refractivity contribution < 1.29 is 0 Å². The second-order valence-electron chi connectivity index (χ2n) is 6.25. The first-order chi connectivity index (χ1) is 10.2. The SMILES string of the molecule is CCCN(c1nc2ccccn2c1CNC1CC1)C(C)C. The number of hydrogen-bond acceptors (Lipinski definition) is 3. The molecule has 0 radical (unpaired) electrons. The lowest BCUT2D eigenvalue weighted by Crippen LogP contribution is -2.33. The summed E-state index contributed by atoms with van der Waals surface area (Å²) >= 11 is 0. The van der Waals surface area contributed by atoms with Crippen LogP contribution in [0.3, 0.4) is 0 Å². The van der Waals surface area contributed by atoms with Crippen LogP contribution in [0.4, 0.5) is 5.82 Å². The van der Waals surface area contributed by atoms with Crippen LogP contribution < -0.4 is 10.2 Å². The number of aromatic nitrogens is 2. The Labute approximate surface area is 127 Å². The van der Waals surface area contributed by atoms with Crippen molar-refractivity contribution in [1.29, 1.82) is 0 Å². The number of pyridine rings is 1. The molecule has 1 N–H and O–H groups in total. The Morgan fingerprint density at radius 2 is 2.19 bits per heavy atom. The van der Waals surface area contributed by atoms with Crippen LogP contribution in [-0.4, -0.2) is 28.0 Å². The normalized spacial score (nSPS) is 15.0.